The third kappa shape index (κ3) is 3.04. The predicted molar refractivity (Wildman–Crippen MR) is 67.5 cm³/mol. The first-order chi connectivity index (χ1) is 9.11. The van der Waals surface area contributed by atoms with E-state index in [0.29, 0.717) is 18.8 Å². The first-order valence-electron chi connectivity index (χ1n) is 6.39. The first kappa shape index (κ1) is 13.4. The molecule has 2 unspecified atom stereocenters. The maximum absolute atomic E-state index is 12.1. The number of aromatic amines is 1. The number of nitrogens with one attached hydrogen (secondary N) is 2. The van der Waals surface area contributed by atoms with E-state index in [0.717, 1.165) is 6.42 Å². The summed E-state index contributed by atoms with van der Waals surface area (Å²) in [7, 11) is 0. The Kier molecular flexibility index (Phi) is 4.03. The maximum atomic E-state index is 12.1. The minimum Gasteiger partial charge on any atom is -0.481 e. The van der Waals surface area contributed by atoms with Gasteiger partial charge in [0.2, 0.25) is 0 Å². The Morgan fingerprint density at radius 3 is 3.00 bits per heavy atom. The number of nitrogens with zero attached hydrogens (tertiary/aromatic N) is 2. The van der Waals surface area contributed by atoms with Gasteiger partial charge in [0.05, 0.1) is 12.0 Å². The second kappa shape index (κ2) is 5.73. The molecule has 2 heterocycles. The number of amides is 2. The molecule has 1 aromatic heterocycles. The number of urea groups is 1. The summed E-state index contributed by atoms with van der Waals surface area (Å²) in [5, 5.41) is 11.8. The van der Waals surface area contributed by atoms with Gasteiger partial charge in [-0.15, -0.1) is 0 Å². The van der Waals surface area contributed by atoms with Crippen LogP contribution in [0.2, 0.25) is 0 Å². The smallest absolute Gasteiger partial charge is 0.318 e. The Balaban J connectivity index is 1.92. The molecule has 1 aromatic rings. The molecule has 104 valence electrons. The molecule has 0 bridgehead atoms. The number of aliphatic carboxylic acids is 1. The molecule has 0 spiro atoms. The Hall–Kier alpha value is -2.05. The highest BCUT2D eigenvalue weighted by Crippen LogP contribution is 2.18. The van der Waals surface area contributed by atoms with Crippen LogP contribution >= 0.6 is 0 Å². The van der Waals surface area contributed by atoms with E-state index in [1.807, 2.05) is 6.92 Å². The Labute approximate surface area is 111 Å². The number of hydrogen-bond donors (Lipinski definition) is 3. The molecule has 0 saturated carbocycles. The van der Waals surface area contributed by atoms with Crippen LogP contribution in [0.1, 0.15) is 31.6 Å². The molecule has 1 aliphatic heterocycles. The van der Waals surface area contributed by atoms with Crippen LogP contribution in [0.4, 0.5) is 4.79 Å². The quantitative estimate of drug-likeness (QED) is 0.756. The van der Waals surface area contributed by atoms with Crippen LogP contribution < -0.4 is 5.32 Å². The Morgan fingerprint density at radius 1 is 1.68 bits per heavy atom. The molecule has 19 heavy (non-hydrogen) atoms. The Bertz CT molecular complexity index is 446. The van der Waals surface area contributed by atoms with E-state index in [-0.39, 0.29) is 18.6 Å². The van der Waals surface area contributed by atoms with E-state index in [9.17, 15) is 9.59 Å². The van der Waals surface area contributed by atoms with E-state index in [1.54, 1.807) is 17.3 Å². The van der Waals surface area contributed by atoms with Gasteiger partial charge in [0, 0.05) is 25.5 Å². The summed E-state index contributed by atoms with van der Waals surface area (Å²) in [6.07, 6.45) is 4.58. The lowest BCUT2D eigenvalue weighted by atomic mass is 10.1. The van der Waals surface area contributed by atoms with Crippen molar-refractivity contribution in [3.8, 4) is 0 Å². The molecule has 2 amide bonds. The van der Waals surface area contributed by atoms with Crippen LogP contribution in [0.15, 0.2) is 12.4 Å². The monoisotopic (exact) mass is 266 g/mol. The summed E-state index contributed by atoms with van der Waals surface area (Å²) >= 11 is 0. The first-order valence-corrected chi connectivity index (χ1v) is 6.39. The van der Waals surface area contributed by atoms with E-state index in [2.05, 4.69) is 15.3 Å². The number of carboxylic acids is 1. The van der Waals surface area contributed by atoms with Gasteiger partial charge in [-0.05, 0) is 12.8 Å². The zero-order chi connectivity index (χ0) is 13.8. The number of carboxylic acid groups (broad SMARTS) is 1. The summed E-state index contributed by atoms with van der Waals surface area (Å²) in [6.45, 7) is 2.71. The van der Waals surface area contributed by atoms with Crippen LogP contribution in [0.3, 0.4) is 0 Å². The lowest BCUT2D eigenvalue weighted by Crippen LogP contribution is -2.41. The van der Waals surface area contributed by atoms with Gasteiger partial charge < -0.3 is 20.3 Å². The average Bonchev–Trinajstić information content (AvgIpc) is 3.05. The molecule has 7 heteroatoms. The molecule has 1 saturated heterocycles. The van der Waals surface area contributed by atoms with Crippen molar-refractivity contribution in [3.63, 3.8) is 0 Å². The molecule has 0 radical (unpaired) electrons. The molecule has 1 fully saturated rings. The number of aromatic nitrogens is 2. The molecule has 2 atom stereocenters. The highest BCUT2D eigenvalue weighted by atomic mass is 16.4. The van der Waals surface area contributed by atoms with Gasteiger partial charge in [-0.3, -0.25) is 4.79 Å². The lowest BCUT2D eigenvalue weighted by molar-refractivity contribution is -0.141. The van der Waals surface area contributed by atoms with Crippen LogP contribution in [-0.4, -0.2) is 45.1 Å². The van der Waals surface area contributed by atoms with Crippen molar-refractivity contribution >= 4 is 12.0 Å². The molecule has 3 N–H and O–H groups in total. The van der Waals surface area contributed by atoms with Crippen LogP contribution in [0.25, 0.3) is 0 Å². The number of carbonyl (C=O) groups excluding carboxylic acids is 1. The molecule has 7 nitrogen and oxygen atoms in total. The van der Waals surface area contributed by atoms with Gasteiger partial charge in [0.15, 0.2) is 0 Å². The van der Waals surface area contributed by atoms with E-state index in [1.165, 1.54) is 0 Å². The van der Waals surface area contributed by atoms with Crippen LogP contribution in [0.5, 0.6) is 0 Å². The fourth-order valence-corrected chi connectivity index (χ4v) is 2.22. The van der Waals surface area contributed by atoms with Crippen molar-refractivity contribution in [1.29, 1.82) is 0 Å². The highest BCUT2D eigenvalue weighted by Gasteiger charge is 2.31. The van der Waals surface area contributed by atoms with Crippen molar-refractivity contribution in [2.24, 2.45) is 5.92 Å². The van der Waals surface area contributed by atoms with Gasteiger partial charge in [-0.2, -0.15) is 0 Å². The molecule has 0 aromatic carbocycles. The molecule has 1 aliphatic rings. The predicted octanol–water partition coefficient (Wildman–Crippen LogP) is 0.977. The van der Waals surface area contributed by atoms with Crippen molar-refractivity contribution in [1.82, 2.24) is 20.2 Å². The van der Waals surface area contributed by atoms with Gasteiger partial charge in [0.25, 0.3) is 0 Å². The van der Waals surface area contributed by atoms with E-state index in [4.69, 9.17) is 5.11 Å². The number of likely N-dealkylation sites (tertiary alicyclic amines) is 1. The number of hydrogen-bond acceptors (Lipinski definition) is 3. The molecular weight excluding hydrogens is 248 g/mol. The number of imidazole rings is 1. The second-order valence-corrected chi connectivity index (χ2v) is 4.65. The topological polar surface area (TPSA) is 98.3 Å². The zero-order valence-electron chi connectivity index (χ0n) is 10.8. The summed E-state index contributed by atoms with van der Waals surface area (Å²) in [5.41, 5.74) is 0. The van der Waals surface area contributed by atoms with E-state index < -0.39 is 11.9 Å². The largest absolute Gasteiger partial charge is 0.481 e. The standard InChI is InChI=1S/C12H18N4O3/c1-2-9(10-13-4-5-14-10)15-12(19)16-6-3-8(7-16)11(17)18/h4-5,8-9H,2-3,6-7H2,1H3,(H,13,14)(H,15,19)(H,17,18). The fourth-order valence-electron chi connectivity index (χ4n) is 2.22. The third-order valence-electron chi connectivity index (χ3n) is 3.38. The summed E-state index contributed by atoms with van der Waals surface area (Å²) in [5.74, 6) is -0.576. The molecule has 0 aliphatic carbocycles. The second-order valence-electron chi connectivity index (χ2n) is 4.65. The minimum absolute atomic E-state index is 0.175. The average molecular weight is 266 g/mol. The van der Waals surface area contributed by atoms with Crippen molar-refractivity contribution in [3.05, 3.63) is 18.2 Å². The summed E-state index contributed by atoms with van der Waals surface area (Å²) in [6, 6.07) is -0.404. The summed E-state index contributed by atoms with van der Waals surface area (Å²) in [4.78, 5) is 31.6. The number of carbonyl (C=O) groups is 2. The zero-order valence-corrected chi connectivity index (χ0v) is 10.8. The lowest BCUT2D eigenvalue weighted by Gasteiger charge is -2.21. The maximum Gasteiger partial charge on any atom is 0.318 e. The number of H-pyrrole nitrogens is 1. The normalized spacial score (nSPS) is 20.3. The van der Waals surface area contributed by atoms with E-state index >= 15 is 0 Å². The summed E-state index contributed by atoms with van der Waals surface area (Å²) < 4.78 is 0. The SMILES string of the molecule is CCC(NC(=O)N1CCC(C(=O)O)C1)c1ncc[nH]1. The highest BCUT2D eigenvalue weighted by molar-refractivity contribution is 5.77. The minimum atomic E-state index is -0.839. The van der Waals surface area contributed by atoms with Gasteiger partial charge in [0.1, 0.15) is 5.82 Å². The van der Waals surface area contributed by atoms with Crippen molar-refractivity contribution in [2.75, 3.05) is 13.1 Å². The van der Waals surface area contributed by atoms with Crippen LogP contribution in [-0.2, 0) is 4.79 Å². The third-order valence-corrected chi connectivity index (χ3v) is 3.38. The van der Waals surface area contributed by atoms with Gasteiger partial charge >= 0.3 is 12.0 Å². The van der Waals surface area contributed by atoms with Crippen LogP contribution in [0, 0.1) is 5.92 Å². The fraction of sp³-hybridized carbons (Fsp3) is 0.583. The molecular formula is C12H18N4O3. The van der Waals surface area contributed by atoms with Crippen molar-refractivity contribution in [2.45, 2.75) is 25.8 Å². The van der Waals surface area contributed by atoms with Crippen molar-refractivity contribution < 1.29 is 14.7 Å². The Morgan fingerprint density at radius 2 is 2.47 bits per heavy atom. The van der Waals surface area contributed by atoms with Gasteiger partial charge in [-0.1, -0.05) is 6.92 Å². The molecule has 2 rings (SSSR count). The number of rotatable bonds is 4. The van der Waals surface area contributed by atoms with Gasteiger partial charge in [-0.25, -0.2) is 9.78 Å².